The lowest BCUT2D eigenvalue weighted by Gasteiger charge is -2.32. The van der Waals surface area contributed by atoms with Gasteiger partial charge in [0, 0.05) is 32.7 Å². The lowest BCUT2D eigenvalue weighted by atomic mass is 10.00. The van der Waals surface area contributed by atoms with E-state index < -0.39 is 0 Å². The summed E-state index contributed by atoms with van der Waals surface area (Å²) in [6.07, 6.45) is 3.61. The van der Waals surface area contributed by atoms with Gasteiger partial charge in [0.1, 0.15) is 0 Å². The van der Waals surface area contributed by atoms with Gasteiger partial charge in [0.25, 0.3) is 0 Å². The van der Waals surface area contributed by atoms with Crippen molar-refractivity contribution in [3.05, 3.63) is 0 Å². The molecular formula is C14H28N4O2. The number of amides is 2. The van der Waals surface area contributed by atoms with Crippen molar-refractivity contribution in [2.45, 2.75) is 38.6 Å². The van der Waals surface area contributed by atoms with Crippen LogP contribution in [0.25, 0.3) is 0 Å². The van der Waals surface area contributed by atoms with Crippen molar-refractivity contribution < 1.29 is 9.59 Å². The van der Waals surface area contributed by atoms with Crippen molar-refractivity contribution in [1.82, 2.24) is 15.5 Å². The predicted molar refractivity (Wildman–Crippen MR) is 79.1 cm³/mol. The zero-order chi connectivity index (χ0) is 15.0. The maximum Gasteiger partial charge on any atom is 0.233 e. The van der Waals surface area contributed by atoms with Crippen LogP contribution in [0.5, 0.6) is 0 Å². The van der Waals surface area contributed by atoms with E-state index in [0.29, 0.717) is 13.1 Å². The maximum atomic E-state index is 12.1. The summed E-state index contributed by atoms with van der Waals surface area (Å²) in [7, 11) is 1.65. The molecule has 1 rings (SSSR count). The van der Waals surface area contributed by atoms with Gasteiger partial charge < -0.3 is 16.4 Å². The van der Waals surface area contributed by atoms with Gasteiger partial charge in [-0.15, -0.1) is 0 Å². The fourth-order valence-corrected chi connectivity index (χ4v) is 2.54. The van der Waals surface area contributed by atoms with E-state index in [4.69, 9.17) is 5.73 Å². The summed E-state index contributed by atoms with van der Waals surface area (Å²) in [6, 6.07) is 0.217. The standard InChI is InChI=1S/C14H28N4O2/c1-3-4-11(9-15)14(20)17-12-5-7-18(8-6-12)10-13(19)16-2/h11-12H,3-10,15H2,1-2H3,(H,16,19)(H,17,20). The summed E-state index contributed by atoms with van der Waals surface area (Å²) in [4.78, 5) is 25.5. The number of carbonyl (C=O) groups is 2. The van der Waals surface area contributed by atoms with E-state index in [2.05, 4.69) is 22.5 Å². The molecule has 1 heterocycles. The molecule has 0 bridgehead atoms. The molecule has 0 spiro atoms. The average Bonchev–Trinajstić information content (AvgIpc) is 2.46. The minimum Gasteiger partial charge on any atom is -0.358 e. The summed E-state index contributed by atoms with van der Waals surface area (Å²) < 4.78 is 0. The van der Waals surface area contributed by atoms with Gasteiger partial charge in [0.2, 0.25) is 11.8 Å². The Morgan fingerprint density at radius 3 is 2.50 bits per heavy atom. The van der Waals surface area contributed by atoms with Crippen LogP contribution in [0, 0.1) is 5.92 Å². The van der Waals surface area contributed by atoms with Crippen LogP contribution in [0.3, 0.4) is 0 Å². The summed E-state index contributed by atoms with van der Waals surface area (Å²) >= 11 is 0. The van der Waals surface area contributed by atoms with E-state index in [1.807, 2.05) is 0 Å². The van der Waals surface area contributed by atoms with Gasteiger partial charge in [-0.2, -0.15) is 0 Å². The van der Waals surface area contributed by atoms with Gasteiger partial charge in [-0.25, -0.2) is 0 Å². The first-order valence-corrected chi connectivity index (χ1v) is 7.54. The molecule has 6 nitrogen and oxygen atoms in total. The second kappa shape index (κ2) is 8.92. The van der Waals surface area contributed by atoms with Crippen LogP contribution >= 0.6 is 0 Å². The molecule has 0 aromatic heterocycles. The third-order valence-electron chi connectivity index (χ3n) is 3.87. The number of hydrogen-bond acceptors (Lipinski definition) is 4. The van der Waals surface area contributed by atoms with E-state index in [-0.39, 0.29) is 23.8 Å². The molecule has 1 aliphatic rings. The molecule has 2 amide bonds. The number of nitrogens with two attached hydrogens (primary N) is 1. The Bertz CT molecular complexity index is 314. The molecule has 1 unspecified atom stereocenters. The van der Waals surface area contributed by atoms with Crippen molar-refractivity contribution >= 4 is 11.8 Å². The normalized spacial score (nSPS) is 18.6. The van der Waals surface area contributed by atoms with Crippen molar-refractivity contribution in [3.63, 3.8) is 0 Å². The molecule has 6 heteroatoms. The summed E-state index contributed by atoms with van der Waals surface area (Å²) in [5, 5.41) is 5.72. The van der Waals surface area contributed by atoms with Gasteiger partial charge in [0.05, 0.1) is 12.5 Å². The van der Waals surface area contributed by atoms with E-state index in [9.17, 15) is 9.59 Å². The average molecular weight is 284 g/mol. The first kappa shape index (κ1) is 16.9. The molecule has 4 N–H and O–H groups in total. The summed E-state index contributed by atoms with van der Waals surface area (Å²) in [6.45, 7) is 4.61. The molecule has 1 fully saturated rings. The number of likely N-dealkylation sites (N-methyl/N-ethyl adjacent to an activating group) is 1. The quantitative estimate of drug-likeness (QED) is 0.598. The molecule has 116 valence electrons. The van der Waals surface area contributed by atoms with E-state index in [1.54, 1.807) is 7.05 Å². The fraction of sp³-hybridized carbons (Fsp3) is 0.857. The molecule has 1 aliphatic heterocycles. The second-order valence-corrected chi connectivity index (χ2v) is 5.45. The number of nitrogens with zero attached hydrogens (tertiary/aromatic N) is 1. The van der Waals surface area contributed by atoms with E-state index in [0.717, 1.165) is 38.8 Å². The Morgan fingerprint density at radius 2 is 2.00 bits per heavy atom. The Balaban J connectivity index is 2.31. The largest absolute Gasteiger partial charge is 0.358 e. The highest BCUT2D eigenvalue weighted by atomic mass is 16.2. The number of hydrogen-bond donors (Lipinski definition) is 3. The van der Waals surface area contributed by atoms with Crippen LogP contribution in [-0.2, 0) is 9.59 Å². The first-order valence-electron chi connectivity index (χ1n) is 7.54. The highest BCUT2D eigenvalue weighted by Crippen LogP contribution is 2.12. The lowest BCUT2D eigenvalue weighted by Crippen LogP contribution is -2.48. The molecule has 0 aromatic carbocycles. The number of rotatable bonds is 7. The number of nitrogens with one attached hydrogen (secondary N) is 2. The van der Waals surface area contributed by atoms with E-state index in [1.165, 1.54) is 0 Å². The molecule has 0 aromatic rings. The fourth-order valence-electron chi connectivity index (χ4n) is 2.54. The summed E-state index contributed by atoms with van der Waals surface area (Å²) in [5.74, 6) is 0.0571. The Kier molecular flexibility index (Phi) is 7.54. The highest BCUT2D eigenvalue weighted by molar-refractivity contribution is 5.79. The van der Waals surface area contributed by atoms with Gasteiger partial charge >= 0.3 is 0 Å². The van der Waals surface area contributed by atoms with Gasteiger partial charge in [-0.1, -0.05) is 13.3 Å². The smallest absolute Gasteiger partial charge is 0.233 e. The van der Waals surface area contributed by atoms with Crippen LogP contribution in [0.1, 0.15) is 32.6 Å². The number of likely N-dealkylation sites (tertiary alicyclic amines) is 1. The summed E-state index contributed by atoms with van der Waals surface area (Å²) in [5.41, 5.74) is 5.64. The van der Waals surface area contributed by atoms with Crippen molar-refractivity contribution in [2.75, 3.05) is 33.2 Å². The molecule has 0 aliphatic carbocycles. The third-order valence-corrected chi connectivity index (χ3v) is 3.87. The first-order chi connectivity index (χ1) is 9.60. The van der Waals surface area contributed by atoms with Crippen LogP contribution in [0.2, 0.25) is 0 Å². The van der Waals surface area contributed by atoms with Crippen LogP contribution < -0.4 is 16.4 Å². The molecule has 1 saturated heterocycles. The maximum absolute atomic E-state index is 12.1. The minimum absolute atomic E-state index is 0.0404. The SMILES string of the molecule is CCCC(CN)C(=O)NC1CCN(CC(=O)NC)CC1. The lowest BCUT2D eigenvalue weighted by molar-refractivity contribution is -0.126. The van der Waals surface area contributed by atoms with Crippen LogP contribution in [-0.4, -0.2) is 56.0 Å². The zero-order valence-corrected chi connectivity index (χ0v) is 12.7. The van der Waals surface area contributed by atoms with Gasteiger partial charge in [-0.05, 0) is 19.3 Å². The zero-order valence-electron chi connectivity index (χ0n) is 12.7. The molecule has 0 saturated carbocycles. The molecule has 1 atom stereocenters. The minimum atomic E-state index is -0.0658. The Hall–Kier alpha value is -1.14. The number of carbonyl (C=O) groups excluding carboxylic acids is 2. The monoisotopic (exact) mass is 284 g/mol. The second-order valence-electron chi connectivity index (χ2n) is 5.45. The van der Waals surface area contributed by atoms with Crippen molar-refractivity contribution in [2.24, 2.45) is 11.7 Å². The van der Waals surface area contributed by atoms with Gasteiger partial charge in [-0.3, -0.25) is 14.5 Å². The number of piperidine rings is 1. The van der Waals surface area contributed by atoms with E-state index >= 15 is 0 Å². The van der Waals surface area contributed by atoms with Crippen molar-refractivity contribution in [3.8, 4) is 0 Å². The highest BCUT2D eigenvalue weighted by Gasteiger charge is 2.24. The van der Waals surface area contributed by atoms with Crippen LogP contribution in [0.15, 0.2) is 0 Å². The topological polar surface area (TPSA) is 87.5 Å². The Morgan fingerprint density at radius 1 is 1.35 bits per heavy atom. The van der Waals surface area contributed by atoms with Gasteiger partial charge in [0.15, 0.2) is 0 Å². The molecule has 20 heavy (non-hydrogen) atoms. The molecule has 0 radical (unpaired) electrons. The third kappa shape index (κ3) is 5.46. The van der Waals surface area contributed by atoms with Crippen molar-refractivity contribution in [1.29, 1.82) is 0 Å². The predicted octanol–water partition coefficient (Wildman–Crippen LogP) is -0.312. The molecular weight excluding hydrogens is 256 g/mol. The van der Waals surface area contributed by atoms with Crippen LogP contribution in [0.4, 0.5) is 0 Å². The Labute approximate surface area is 121 Å².